The van der Waals surface area contributed by atoms with Crippen molar-refractivity contribution >= 4 is 29.2 Å². The fraction of sp³-hybridized carbons (Fsp3) is 0.333. The van der Waals surface area contributed by atoms with Crippen LogP contribution in [0.15, 0.2) is 24.3 Å². The number of para-hydroxylation sites is 1. The first-order valence-corrected chi connectivity index (χ1v) is 7.17. The highest BCUT2D eigenvalue weighted by Crippen LogP contribution is 2.18. The van der Waals surface area contributed by atoms with Crippen LogP contribution >= 0.6 is 0 Å². The molecule has 0 aromatic heterocycles. The molecule has 0 saturated carbocycles. The maximum absolute atomic E-state index is 12.3. The Morgan fingerprint density at radius 2 is 2.00 bits per heavy atom. The maximum Gasteiger partial charge on any atom is 0.287 e. The quantitative estimate of drug-likeness (QED) is 0.390. The molecule has 2 rings (SSSR count). The molecule has 2 atom stereocenters. The molecule has 1 aromatic rings. The van der Waals surface area contributed by atoms with Gasteiger partial charge in [0.05, 0.1) is 11.6 Å². The number of primary amides is 1. The van der Waals surface area contributed by atoms with Crippen molar-refractivity contribution in [3.8, 4) is 0 Å². The van der Waals surface area contributed by atoms with Crippen molar-refractivity contribution in [2.45, 2.75) is 18.9 Å². The van der Waals surface area contributed by atoms with Crippen molar-refractivity contribution in [1.29, 1.82) is 0 Å². The molecular formula is C15H18N4O4. The highest BCUT2D eigenvalue weighted by atomic mass is 16.2. The van der Waals surface area contributed by atoms with Gasteiger partial charge in [0.1, 0.15) is 0 Å². The molecule has 1 aliphatic heterocycles. The highest BCUT2D eigenvalue weighted by Gasteiger charge is 2.33. The average molecular weight is 318 g/mol. The van der Waals surface area contributed by atoms with Crippen LogP contribution in [0, 0.1) is 5.92 Å². The summed E-state index contributed by atoms with van der Waals surface area (Å²) in [5.74, 6) is -3.35. The van der Waals surface area contributed by atoms with Crippen LogP contribution in [0.1, 0.15) is 23.2 Å². The zero-order valence-electron chi connectivity index (χ0n) is 12.4. The zero-order valence-corrected chi connectivity index (χ0v) is 12.4. The number of nitrogen functional groups attached to an aromatic ring is 1. The van der Waals surface area contributed by atoms with E-state index < -0.39 is 29.6 Å². The Hall–Kier alpha value is -2.90. The molecule has 1 heterocycles. The van der Waals surface area contributed by atoms with Crippen molar-refractivity contribution in [3.05, 3.63) is 29.8 Å². The van der Waals surface area contributed by atoms with E-state index in [1.54, 1.807) is 18.2 Å². The minimum Gasteiger partial charge on any atom is -0.398 e. The summed E-state index contributed by atoms with van der Waals surface area (Å²) in [6, 6.07) is 5.18. The Bertz CT molecular complexity index is 659. The van der Waals surface area contributed by atoms with Gasteiger partial charge in [0.15, 0.2) is 0 Å². The van der Waals surface area contributed by atoms with Gasteiger partial charge in [-0.25, -0.2) is 0 Å². The lowest BCUT2D eigenvalue weighted by Crippen LogP contribution is -2.47. The third-order valence-corrected chi connectivity index (χ3v) is 3.75. The van der Waals surface area contributed by atoms with E-state index in [2.05, 4.69) is 10.6 Å². The molecule has 1 saturated heterocycles. The molecule has 8 nitrogen and oxygen atoms in total. The number of ketones is 1. The summed E-state index contributed by atoms with van der Waals surface area (Å²) in [7, 11) is 0. The van der Waals surface area contributed by atoms with Crippen LogP contribution in [0.5, 0.6) is 0 Å². The number of hydrogen-bond acceptors (Lipinski definition) is 5. The van der Waals surface area contributed by atoms with Gasteiger partial charge in [-0.1, -0.05) is 12.1 Å². The van der Waals surface area contributed by atoms with Crippen molar-refractivity contribution in [1.82, 2.24) is 10.6 Å². The van der Waals surface area contributed by atoms with Crippen LogP contribution in [0.25, 0.3) is 0 Å². The lowest BCUT2D eigenvalue weighted by molar-refractivity contribution is -0.137. The second-order valence-corrected chi connectivity index (χ2v) is 5.35. The molecular weight excluding hydrogens is 300 g/mol. The number of nitrogens with two attached hydrogens (primary N) is 2. The summed E-state index contributed by atoms with van der Waals surface area (Å²) in [5.41, 5.74) is 11.2. The Kier molecular flexibility index (Phi) is 4.95. The summed E-state index contributed by atoms with van der Waals surface area (Å²) < 4.78 is 0. The van der Waals surface area contributed by atoms with E-state index in [-0.39, 0.29) is 23.6 Å². The van der Waals surface area contributed by atoms with E-state index in [1.165, 1.54) is 6.07 Å². The van der Waals surface area contributed by atoms with Crippen LogP contribution in [-0.2, 0) is 14.4 Å². The Morgan fingerprint density at radius 1 is 1.30 bits per heavy atom. The summed E-state index contributed by atoms with van der Waals surface area (Å²) >= 11 is 0. The number of nitrogens with one attached hydrogen (secondary N) is 2. The molecule has 0 aliphatic carbocycles. The van der Waals surface area contributed by atoms with Crippen molar-refractivity contribution in [3.63, 3.8) is 0 Å². The van der Waals surface area contributed by atoms with Gasteiger partial charge in [-0.05, 0) is 25.0 Å². The standard InChI is InChI=1S/C15H18N4O4/c16-10-4-2-1-3-9(10)15(23)19-11(12(20)13(17)21)7-8-5-6-18-14(8)22/h1-4,8,11H,5-7,16H2,(H2,17,21)(H,18,22)(H,19,23). The molecule has 1 aromatic carbocycles. The summed E-state index contributed by atoms with van der Waals surface area (Å²) in [6.07, 6.45) is 0.552. The van der Waals surface area contributed by atoms with Gasteiger partial charge in [0, 0.05) is 18.2 Å². The molecule has 8 heteroatoms. The first-order chi connectivity index (χ1) is 10.9. The molecule has 0 bridgehead atoms. The third-order valence-electron chi connectivity index (χ3n) is 3.75. The number of anilines is 1. The SMILES string of the molecule is NC(=O)C(=O)C(CC1CCNC1=O)NC(=O)c1ccccc1N. The van der Waals surface area contributed by atoms with Gasteiger partial charge in [-0.15, -0.1) is 0 Å². The van der Waals surface area contributed by atoms with Gasteiger partial charge in [-0.2, -0.15) is 0 Å². The Labute approximate surface area is 132 Å². The second kappa shape index (κ2) is 6.91. The summed E-state index contributed by atoms with van der Waals surface area (Å²) in [6.45, 7) is 0.501. The minimum absolute atomic E-state index is 0.0199. The topological polar surface area (TPSA) is 144 Å². The molecule has 1 fully saturated rings. The number of benzene rings is 1. The lowest BCUT2D eigenvalue weighted by atomic mass is 9.95. The summed E-state index contributed by atoms with van der Waals surface area (Å²) in [5, 5.41) is 5.09. The fourth-order valence-corrected chi connectivity index (χ4v) is 2.50. The Balaban J connectivity index is 2.15. The van der Waals surface area contributed by atoms with Crippen LogP contribution < -0.4 is 22.1 Å². The number of hydrogen-bond donors (Lipinski definition) is 4. The molecule has 0 spiro atoms. The number of carbonyl (C=O) groups excluding carboxylic acids is 4. The molecule has 1 aliphatic rings. The smallest absolute Gasteiger partial charge is 0.287 e. The number of carbonyl (C=O) groups is 4. The van der Waals surface area contributed by atoms with Crippen LogP contribution in [-0.4, -0.2) is 36.1 Å². The lowest BCUT2D eigenvalue weighted by Gasteiger charge is -2.19. The molecule has 2 unspecified atom stereocenters. The van der Waals surface area contributed by atoms with Crippen LogP contribution in [0.4, 0.5) is 5.69 Å². The maximum atomic E-state index is 12.3. The Morgan fingerprint density at radius 3 is 2.57 bits per heavy atom. The fourth-order valence-electron chi connectivity index (χ4n) is 2.50. The van der Waals surface area contributed by atoms with E-state index in [4.69, 9.17) is 11.5 Å². The summed E-state index contributed by atoms with van der Waals surface area (Å²) in [4.78, 5) is 47.0. The van der Waals surface area contributed by atoms with E-state index in [0.717, 1.165) is 0 Å². The van der Waals surface area contributed by atoms with E-state index in [1.807, 2.05) is 0 Å². The average Bonchev–Trinajstić information content (AvgIpc) is 2.91. The van der Waals surface area contributed by atoms with Gasteiger partial charge in [0.25, 0.3) is 11.8 Å². The number of rotatable bonds is 6. The predicted octanol–water partition coefficient (Wildman–Crippen LogP) is -1.05. The molecule has 23 heavy (non-hydrogen) atoms. The number of amides is 3. The van der Waals surface area contributed by atoms with Gasteiger partial charge in [0.2, 0.25) is 11.7 Å². The molecule has 3 amide bonds. The number of Topliss-reactive ketones (excluding diaryl/α,β-unsaturated/α-hetero) is 1. The van der Waals surface area contributed by atoms with Crippen molar-refractivity contribution in [2.75, 3.05) is 12.3 Å². The monoisotopic (exact) mass is 318 g/mol. The zero-order chi connectivity index (χ0) is 17.0. The minimum atomic E-state index is -1.16. The molecule has 0 radical (unpaired) electrons. The predicted molar refractivity (Wildman–Crippen MR) is 82.0 cm³/mol. The van der Waals surface area contributed by atoms with E-state index in [0.29, 0.717) is 13.0 Å². The van der Waals surface area contributed by atoms with Crippen LogP contribution in [0.3, 0.4) is 0 Å². The normalized spacial score (nSPS) is 18.1. The van der Waals surface area contributed by atoms with Crippen molar-refractivity contribution in [2.24, 2.45) is 11.7 Å². The van der Waals surface area contributed by atoms with Gasteiger partial charge in [-0.3, -0.25) is 19.2 Å². The van der Waals surface area contributed by atoms with Gasteiger partial charge < -0.3 is 22.1 Å². The van der Waals surface area contributed by atoms with Crippen molar-refractivity contribution < 1.29 is 19.2 Å². The third kappa shape index (κ3) is 3.85. The molecule has 6 N–H and O–H groups in total. The van der Waals surface area contributed by atoms with E-state index >= 15 is 0 Å². The van der Waals surface area contributed by atoms with E-state index in [9.17, 15) is 19.2 Å². The first kappa shape index (κ1) is 16.5. The van der Waals surface area contributed by atoms with Gasteiger partial charge >= 0.3 is 0 Å². The molecule has 122 valence electrons. The van der Waals surface area contributed by atoms with Crippen LogP contribution in [0.2, 0.25) is 0 Å². The second-order valence-electron chi connectivity index (χ2n) is 5.35. The largest absolute Gasteiger partial charge is 0.398 e. The first-order valence-electron chi connectivity index (χ1n) is 7.17. The highest BCUT2D eigenvalue weighted by molar-refractivity contribution is 6.38.